The third-order valence-corrected chi connectivity index (χ3v) is 6.87. The first-order chi connectivity index (χ1) is 14.9. The van der Waals surface area contributed by atoms with Crippen LogP contribution in [0.1, 0.15) is 31.9 Å². The maximum Gasteiger partial charge on any atom is 0.330 e. The molecule has 1 heterocycles. The van der Waals surface area contributed by atoms with E-state index in [1.165, 1.54) is 19.1 Å². The van der Waals surface area contributed by atoms with Crippen LogP contribution in [0.5, 0.6) is 0 Å². The van der Waals surface area contributed by atoms with E-state index in [4.69, 9.17) is 14.2 Å². The van der Waals surface area contributed by atoms with E-state index in [9.17, 15) is 18.3 Å². The first-order valence-corrected chi connectivity index (χ1v) is 11.7. The summed E-state index contributed by atoms with van der Waals surface area (Å²) in [5, 5.41) is 11.1. The summed E-state index contributed by atoms with van der Waals surface area (Å²) in [5.74, 6) is -1.91. The van der Waals surface area contributed by atoms with E-state index in [1.807, 2.05) is 13.0 Å². The lowest BCUT2D eigenvalue weighted by Gasteiger charge is -2.35. The Morgan fingerprint density at radius 1 is 1.22 bits per heavy atom. The van der Waals surface area contributed by atoms with Gasteiger partial charge >= 0.3 is 5.97 Å². The van der Waals surface area contributed by atoms with Crippen LogP contribution in [0.4, 0.5) is 0 Å². The van der Waals surface area contributed by atoms with Gasteiger partial charge in [0.2, 0.25) is 10.0 Å². The second-order valence-electron chi connectivity index (χ2n) is 8.49. The van der Waals surface area contributed by atoms with Crippen LogP contribution in [-0.2, 0) is 35.6 Å². The van der Waals surface area contributed by atoms with E-state index >= 15 is 0 Å². The highest BCUT2D eigenvalue weighted by Crippen LogP contribution is 2.30. The van der Waals surface area contributed by atoms with Crippen LogP contribution in [-0.4, -0.2) is 49.6 Å². The quantitative estimate of drug-likeness (QED) is 0.578. The molecule has 1 fully saturated rings. The van der Waals surface area contributed by atoms with E-state index < -0.39 is 39.5 Å². The Morgan fingerprint density at radius 3 is 2.41 bits per heavy atom. The van der Waals surface area contributed by atoms with Gasteiger partial charge in [-0.15, -0.1) is 0 Å². The van der Waals surface area contributed by atoms with E-state index in [-0.39, 0.29) is 18.1 Å². The predicted molar refractivity (Wildman–Crippen MR) is 117 cm³/mol. The Hall–Kier alpha value is -2.30. The van der Waals surface area contributed by atoms with Gasteiger partial charge in [0.05, 0.1) is 11.5 Å². The van der Waals surface area contributed by atoms with Crippen LogP contribution in [0.2, 0.25) is 0 Å². The lowest BCUT2D eigenvalue weighted by molar-refractivity contribution is -0.172. The van der Waals surface area contributed by atoms with Crippen LogP contribution in [0, 0.1) is 6.92 Å². The number of sulfonamides is 1. The monoisotopic (exact) mass is 463 g/mol. The summed E-state index contributed by atoms with van der Waals surface area (Å²) in [6.45, 7) is 6.36. The standard InChI is InChI=1S/C23H29NO7S/c1-16-10-12-18(13-11-16)32(27,28)24-23(4,20(25)19-15-30-22(2,3)31-19)21(26)29-14-17-8-6-5-7-9-17/h5-13,19-20,24-25H,14-15H2,1-4H3/t19-,20+,23+/m1/s1. The molecule has 0 unspecified atom stereocenters. The molecule has 174 valence electrons. The number of aliphatic hydroxyl groups excluding tert-OH is 1. The van der Waals surface area contributed by atoms with Crippen molar-refractivity contribution in [2.45, 2.75) is 62.7 Å². The van der Waals surface area contributed by atoms with Gasteiger partial charge in [0.1, 0.15) is 18.8 Å². The number of carbonyl (C=O) groups excluding carboxylic acids is 1. The van der Waals surface area contributed by atoms with E-state index in [0.29, 0.717) is 0 Å². The molecule has 32 heavy (non-hydrogen) atoms. The molecule has 3 atom stereocenters. The smallest absolute Gasteiger partial charge is 0.330 e. The molecular weight excluding hydrogens is 434 g/mol. The molecule has 1 aliphatic heterocycles. The topological polar surface area (TPSA) is 111 Å². The van der Waals surface area contributed by atoms with Gasteiger partial charge in [-0.1, -0.05) is 48.0 Å². The highest BCUT2D eigenvalue weighted by molar-refractivity contribution is 7.89. The summed E-state index contributed by atoms with van der Waals surface area (Å²) in [7, 11) is -4.17. The van der Waals surface area contributed by atoms with Gasteiger partial charge in [0.15, 0.2) is 11.3 Å². The molecule has 0 bridgehead atoms. The fourth-order valence-electron chi connectivity index (χ4n) is 3.39. The number of benzene rings is 2. The number of carbonyl (C=O) groups is 1. The zero-order valence-electron chi connectivity index (χ0n) is 18.6. The number of hydrogen-bond donors (Lipinski definition) is 2. The maximum atomic E-state index is 13.2. The van der Waals surface area contributed by atoms with Crippen LogP contribution in [0.15, 0.2) is 59.5 Å². The van der Waals surface area contributed by atoms with Gasteiger partial charge in [0.25, 0.3) is 0 Å². The summed E-state index contributed by atoms with van der Waals surface area (Å²) in [6.07, 6.45) is -2.52. The summed E-state index contributed by atoms with van der Waals surface area (Å²) in [5.41, 5.74) is -0.430. The Morgan fingerprint density at radius 2 is 1.84 bits per heavy atom. The Labute approximate surface area is 188 Å². The molecule has 8 nitrogen and oxygen atoms in total. The zero-order valence-corrected chi connectivity index (χ0v) is 19.4. The second-order valence-corrected chi connectivity index (χ2v) is 10.2. The summed E-state index contributed by atoms with van der Waals surface area (Å²) < 4.78 is 45.1. The minimum Gasteiger partial charge on any atom is -0.459 e. The molecule has 0 aromatic heterocycles. The maximum absolute atomic E-state index is 13.2. The number of ether oxygens (including phenoxy) is 3. The highest BCUT2D eigenvalue weighted by Gasteiger charge is 2.52. The summed E-state index contributed by atoms with van der Waals surface area (Å²) in [6, 6.07) is 15.1. The average Bonchev–Trinajstić information content (AvgIpc) is 3.11. The second kappa shape index (κ2) is 9.29. The van der Waals surface area contributed by atoms with Crippen molar-refractivity contribution in [3.05, 3.63) is 65.7 Å². The number of esters is 1. The van der Waals surface area contributed by atoms with Crippen LogP contribution in [0.3, 0.4) is 0 Å². The number of hydrogen-bond acceptors (Lipinski definition) is 7. The van der Waals surface area contributed by atoms with Crippen LogP contribution < -0.4 is 4.72 Å². The van der Waals surface area contributed by atoms with E-state index in [2.05, 4.69) is 4.72 Å². The molecule has 1 saturated heterocycles. The molecule has 2 aromatic carbocycles. The Kier molecular flexibility index (Phi) is 7.06. The zero-order chi connectivity index (χ0) is 23.6. The molecule has 0 aliphatic carbocycles. The molecular formula is C23H29NO7S. The third kappa shape index (κ3) is 5.54. The van der Waals surface area contributed by atoms with Crippen molar-refractivity contribution in [2.75, 3.05) is 6.61 Å². The van der Waals surface area contributed by atoms with Crippen molar-refractivity contribution < 1.29 is 32.5 Å². The first kappa shape index (κ1) is 24.3. The average molecular weight is 464 g/mol. The van der Waals surface area contributed by atoms with Crippen molar-refractivity contribution in [3.63, 3.8) is 0 Å². The van der Waals surface area contributed by atoms with Gasteiger partial charge in [-0.2, -0.15) is 4.72 Å². The molecule has 0 amide bonds. The van der Waals surface area contributed by atoms with Gasteiger partial charge in [-0.25, -0.2) is 13.2 Å². The van der Waals surface area contributed by atoms with Crippen molar-refractivity contribution in [1.29, 1.82) is 0 Å². The van der Waals surface area contributed by atoms with Gasteiger partial charge in [-0.05, 0) is 45.4 Å². The highest BCUT2D eigenvalue weighted by atomic mass is 32.2. The molecule has 0 saturated carbocycles. The van der Waals surface area contributed by atoms with Gasteiger partial charge < -0.3 is 19.3 Å². The molecule has 2 aromatic rings. The predicted octanol–water partition coefficient (Wildman–Crippen LogP) is 2.29. The minimum absolute atomic E-state index is 0.0119. The molecule has 2 N–H and O–H groups in total. The fourth-order valence-corrected chi connectivity index (χ4v) is 4.77. The lowest BCUT2D eigenvalue weighted by Crippen LogP contribution is -2.64. The van der Waals surface area contributed by atoms with Crippen molar-refractivity contribution in [1.82, 2.24) is 4.72 Å². The van der Waals surface area contributed by atoms with Crippen LogP contribution in [0.25, 0.3) is 0 Å². The van der Waals surface area contributed by atoms with E-state index in [0.717, 1.165) is 11.1 Å². The molecule has 9 heteroatoms. The summed E-state index contributed by atoms with van der Waals surface area (Å²) in [4.78, 5) is 13.1. The Balaban J connectivity index is 1.89. The van der Waals surface area contributed by atoms with Crippen molar-refractivity contribution in [3.8, 4) is 0 Å². The fraction of sp³-hybridized carbons (Fsp3) is 0.435. The largest absolute Gasteiger partial charge is 0.459 e. The number of aliphatic hydroxyl groups is 1. The molecule has 0 radical (unpaired) electrons. The van der Waals surface area contributed by atoms with Crippen molar-refractivity contribution in [2.24, 2.45) is 0 Å². The Bertz CT molecular complexity index is 1040. The van der Waals surface area contributed by atoms with Gasteiger partial charge in [-0.3, -0.25) is 0 Å². The number of nitrogens with one attached hydrogen (secondary N) is 1. The lowest BCUT2D eigenvalue weighted by atomic mass is 9.92. The minimum atomic E-state index is -4.17. The third-order valence-electron chi connectivity index (χ3n) is 5.29. The van der Waals surface area contributed by atoms with E-state index in [1.54, 1.807) is 50.2 Å². The van der Waals surface area contributed by atoms with Crippen LogP contribution >= 0.6 is 0 Å². The van der Waals surface area contributed by atoms with Crippen molar-refractivity contribution >= 4 is 16.0 Å². The van der Waals surface area contributed by atoms with Gasteiger partial charge in [0, 0.05) is 0 Å². The first-order valence-electron chi connectivity index (χ1n) is 10.2. The molecule has 3 rings (SSSR count). The number of aryl methyl sites for hydroxylation is 1. The SMILES string of the molecule is Cc1ccc(S(=O)(=O)N[C@](C)(C(=O)OCc2ccccc2)[C@@H](O)[C@H]2COC(C)(C)O2)cc1. The number of rotatable bonds is 8. The summed E-state index contributed by atoms with van der Waals surface area (Å²) >= 11 is 0. The molecule has 1 aliphatic rings. The molecule has 0 spiro atoms. The normalized spacial score (nSPS) is 21.0.